The van der Waals surface area contributed by atoms with Gasteiger partial charge in [0.05, 0.1) is 0 Å². The fourth-order valence-electron chi connectivity index (χ4n) is 1.36. The fraction of sp³-hybridized carbons (Fsp3) is 0.167. The third-order valence-corrected chi connectivity index (χ3v) is 3.34. The molecule has 0 fully saturated rings. The molecule has 0 saturated carbocycles. The molecule has 1 aromatic heterocycles. The molecule has 0 saturated heterocycles. The van der Waals surface area contributed by atoms with Crippen LogP contribution in [0.1, 0.15) is 9.67 Å². The lowest BCUT2D eigenvalue weighted by molar-refractivity contribution is -0.123. The number of ether oxygens (including phenoxy) is 1. The van der Waals surface area contributed by atoms with Gasteiger partial charge in [0.25, 0.3) is 5.91 Å². The number of esters is 1. The molecule has 1 heterocycles. The van der Waals surface area contributed by atoms with Gasteiger partial charge in [0.2, 0.25) is 0 Å². The van der Waals surface area contributed by atoms with E-state index in [0.29, 0.717) is 4.88 Å². The second-order valence-corrected chi connectivity index (χ2v) is 4.48. The molecule has 5 heteroatoms. The Kier molecular flexibility index (Phi) is 3.39. The van der Waals surface area contributed by atoms with Crippen molar-refractivity contribution in [1.82, 2.24) is 5.32 Å². The van der Waals surface area contributed by atoms with Crippen molar-refractivity contribution >= 4 is 33.3 Å². The number of hydrogen-bond donors (Lipinski definition) is 1. The Balaban J connectivity index is 2.11. The van der Waals surface area contributed by atoms with Crippen LogP contribution >= 0.6 is 11.3 Å². The molecular weight excluding hydrogens is 238 g/mol. The van der Waals surface area contributed by atoms with Crippen molar-refractivity contribution in [3.63, 3.8) is 0 Å². The molecule has 0 bridgehead atoms. The minimum Gasteiger partial charge on any atom is -0.451 e. The van der Waals surface area contributed by atoms with Gasteiger partial charge in [0, 0.05) is 11.7 Å². The number of rotatable bonds is 3. The molecular formula is C12H11NO3S. The lowest BCUT2D eigenvalue weighted by Gasteiger charge is -2.00. The molecule has 0 atom stereocenters. The summed E-state index contributed by atoms with van der Waals surface area (Å²) in [6.07, 6.45) is 0. The Labute approximate surface area is 102 Å². The summed E-state index contributed by atoms with van der Waals surface area (Å²) in [6.45, 7) is -0.246. The first-order valence-corrected chi connectivity index (χ1v) is 5.88. The van der Waals surface area contributed by atoms with Crippen LogP contribution in [0.4, 0.5) is 0 Å². The molecule has 1 aromatic carbocycles. The van der Waals surface area contributed by atoms with E-state index in [2.05, 4.69) is 5.32 Å². The van der Waals surface area contributed by atoms with E-state index in [4.69, 9.17) is 4.74 Å². The quantitative estimate of drug-likeness (QED) is 0.844. The zero-order chi connectivity index (χ0) is 12.3. The summed E-state index contributed by atoms with van der Waals surface area (Å²) >= 11 is 1.36. The molecule has 0 aliphatic carbocycles. The van der Waals surface area contributed by atoms with E-state index in [0.717, 1.165) is 10.1 Å². The summed E-state index contributed by atoms with van der Waals surface area (Å²) in [4.78, 5) is 23.1. The maximum atomic E-state index is 11.6. The number of likely N-dealkylation sites (N-methyl/N-ethyl adjacent to an activating group) is 1. The molecule has 0 aliphatic rings. The Bertz CT molecular complexity index is 529. The molecule has 0 unspecified atom stereocenters. The van der Waals surface area contributed by atoms with E-state index in [1.807, 2.05) is 24.3 Å². The van der Waals surface area contributed by atoms with Crippen LogP contribution in [0.3, 0.4) is 0 Å². The Morgan fingerprint density at radius 1 is 1.35 bits per heavy atom. The molecule has 1 N–H and O–H groups in total. The monoisotopic (exact) mass is 249 g/mol. The molecule has 17 heavy (non-hydrogen) atoms. The normalized spacial score (nSPS) is 10.2. The van der Waals surface area contributed by atoms with E-state index >= 15 is 0 Å². The Morgan fingerprint density at radius 3 is 2.82 bits per heavy atom. The predicted molar refractivity (Wildman–Crippen MR) is 66.2 cm³/mol. The highest BCUT2D eigenvalue weighted by Crippen LogP contribution is 2.25. The predicted octanol–water partition coefficient (Wildman–Crippen LogP) is 1.80. The number of carbonyl (C=O) groups is 2. The van der Waals surface area contributed by atoms with Gasteiger partial charge in [0.1, 0.15) is 4.88 Å². The number of amides is 1. The summed E-state index contributed by atoms with van der Waals surface area (Å²) in [6, 6.07) is 9.47. The van der Waals surface area contributed by atoms with Crippen LogP contribution in [0.15, 0.2) is 30.3 Å². The van der Waals surface area contributed by atoms with Crippen LogP contribution < -0.4 is 5.32 Å². The molecule has 88 valence electrons. The molecule has 0 spiro atoms. The summed E-state index contributed by atoms with van der Waals surface area (Å²) in [5.74, 6) is -0.783. The highest BCUT2D eigenvalue weighted by atomic mass is 32.1. The van der Waals surface area contributed by atoms with Crippen molar-refractivity contribution < 1.29 is 14.3 Å². The molecule has 0 aliphatic heterocycles. The number of fused-ring (bicyclic) bond motifs is 1. The highest BCUT2D eigenvalue weighted by molar-refractivity contribution is 7.20. The van der Waals surface area contributed by atoms with Crippen molar-refractivity contribution in [2.45, 2.75) is 0 Å². The molecule has 2 aromatic rings. The van der Waals surface area contributed by atoms with E-state index in [9.17, 15) is 9.59 Å². The topological polar surface area (TPSA) is 55.4 Å². The van der Waals surface area contributed by atoms with Crippen molar-refractivity contribution in [3.05, 3.63) is 35.2 Å². The van der Waals surface area contributed by atoms with Gasteiger partial charge >= 0.3 is 5.97 Å². The average Bonchev–Trinajstić information content (AvgIpc) is 2.79. The largest absolute Gasteiger partial charge is 0.451 e. The maximum absolute atomic E-state index is 11.6. The third kappa shape index (κ3) is 2.62. The minimum atomic E-state index is -0.463. The van der Waals surface area contributed by atoms with E-state index in [1.165, 1.54) is 18.4 Å². The first kappa shape index (κ1) is 11.6. The zero-order valence-corrected chi connectivity index (χ0v) is 10.0. The molecule has 1 amide bonds. The van der Waals surface area contributed by atoms with Gasteiger partial charge in [-0.2, -0.15) is 0 Å². The van der Waals surface area contributed by atoms with Gasteiger partial charge in [-0.3, -0.25) is 4.79 Å². The van der Waals surface area contributed by atoms with E-state index in [-0.39, 0.29) is 12.5 Å². The lowest BCUT2D eigenvalue weighted by Crippen LogP contribution is -2.24. The maximum Gasteiger partial charge on any atom is 0.348 e. The van der Waals surface area contributed by atoms with Crippen LogP contribution in [0.2, 0.25) is 0 Å². The van der Waals surface area contributed by atoms with Gasteiger partial charge in [-0.1, -0.05) is 18.2 Å². The average molecular weight is 249 g/mol. The Morgan fingerprint density at radius 2 is 2.12 bits per heavy atom. The SMILES string of the molecule is CNC(=O)COC(=O)c1cc2ccccc2s1. The molecule has 0 radical (unpaired) electrons. The first-order valence-electron chi connectivity index (χ1n) is 5.07. The summed E-state index contributed by atoms with van der Waals surface area (Å²) in [5, 5.41) is 3.39. The van der Waals surface area contributed by atoms with Crippen LogP contribution in [0.25, 0.3) is 10.1 Å². The smallest absolute Gasteiger partial charge is 0.348 e. The van der Waals surface area contributed by atoms with Crippen LogP contribution in [0, 0.1) is 0 Å². The van der Waals surface area contributed by atoms with Gasteiger partial charge in [-0.25, -0.2) is 4.79 Å². The third-order valence-electron chi connectivity index (χ3n) is 2.24. The second kappa shape index (κ2) is 4.97. The summed E-state index contributed by atoms with van der Waals surface area (Å²) in [7, 11) is 1.50. The minimum absolute atomic E-state index is 0.246. The number of hydrogen-bond acceptors (Lipinski definition) is 4. The number of carbonyl (C=O) groups excluding carboxylic acids is 2. The summed E-state index contributed by atoms with van der Waals surface area (Å²) in [5.41, 5.74) is 0. The second-order valence-electron chi connectivity index (χ2n) is 3.40. The van der Waals surface area contributed by atoms with Crippen LogP contribution in [0.5, 0.6) is 0 Å². The van der Waals surface area contributed by atoms with Gasteiger partial charge in [-0.15, -0.1) is 11.3 Å². The van der Waals surface area contributed by atoms with Crippen molar-refractivity contribution in [2.24, 2.45) is 0 Å². The van der Waals surface area contributed by atoms with E-state index < -0.39 is 5.97 Å². The van der Waals surface area contributed by atoms with Crippen LogP contribution in [-0.2, 0) is 9.53 Å². The molecule has 2 rings (SSSR count). The van der Waals surface area contributed by atoms with Gasteiger partial charge in [-0.05, 0) is 17.5 Å². The number of benzene rings is 1. The fourth-order valence-corrected chi connectivity index (χ4v) is 2.31. The van der Waals surface area contributed by atoms with E-state index in [1.54, 1.807) is 6.07 Å². The number of nitrogens with one attached hydrogen (secondary N) is 1. The zero-order valence-electron chi connectivity index (χ0n) is 9.23. The molecule has 4 nitrogen and oxygen atoms in total. The summed E-state index contributed by atoms with van der Waals surface area (Å²) < 4.78 is 5.90. The van der Waals surface area contributed by atoms with Gasteiger partial charge < -0.3 is 10.1 Å². The standard InChI is InChI=1S/C12H11NO3S/c1-13-11(14)7-16-12(15)10-6-8-4-2-3-5-9(8)17-10/h2-6H,7H2,1H3,(H,13,14). The van der Waals surface area contributed by atoms with Crippen molar-refractivity contribution in [3.8, 4) is 0 Å². The first-order chi connectivity index (χ1) is 8.20. The van der Waals surface area contributed by atoms with Crippen LogP contribution in [-0.4, -0.2) is 25.5 Å². The highest BCUT2D eigenvalue weighted by Gasteiger charge is 2.12. The lowest BCUT2D eigenvalue weighted by atomic mass is 10.2. The number of thiophene rings is 1. The van der Waals surface area contributed by atoms with Crippen molar-refractivity contribution in [1.29, 1.82) is 0 Å². The Hall–Kier alpha value is -1.88. The van der Waals surface area contributed by atoms with Crippen molar-refractivity contribution in [2.75, 3.05) is 13.7 Å². The van der Waals surface area contributed by atoms with Gasteiger partial charge in [0.15, 0.2) is 6.61 Å².